The molecule has 0 aromatic heterocycles. The normalized spacial score (nSPS) is 12.6. The van der Waals surface area contributed by atoms with Crippen LogP contribution in [-0.4, -0.2) is 44.3 Å². The second kappa shape index (κ2) is 8.55. The Morgan fingerprint density at radius 2 is 1.90 bits per heavy atom. The first-order chi connectivity index (χ1) is 13.9. The zero-order valence-electron chi connectivity index (χ0n) is 16.1. The third kappa shape index (κ3) is 4.43. The number of ketones is 1. The van der Waals surface area contributed by atoms with Gasteiger partial charge < -0.3 is 19.7 Å². The standard InChI is InChI=1S/C21H20N2O6/c1-23-16-11-13(7-9-18(16)29-12-20(23)26)17(24)8-10-19(25)22-15-6-4-3-5-14(15)21(27)28-2/h3-7,9,11H,8,10,12H2,1-2H3,(H,22,25). The van der Waals surface area contributed by atoms with Crippen molar-refractivity contribution >= 4 is 34.9 Å². The van der Waals surface area contributed by atoms with E-state index in [2.05, 4.69) is 5.32 Å². The molecule has 1 aliphatic heterocycles. The Kier molecular flexibility index (Phi) is 5.92. The summed E-state index contributed by atoms with van der Waals surface area (Å²) in [6.45, 7) is -0.0377. The molecule has 0 aliphatic carbocycles. The van der Waals surface area contributed by atoms with E-state index >= 15 is 0 Å². The van der Waals surface area contributed by atoms with Gasteiger partial charge in [-0.05, 0) is 30.3 Å². The number of benzene rings is 2. The summed E-state index contributed by atoms with van der Waals surface area (Å²) in [5.41, 5.74) is 1.46. The molecular weight excluding hydrogens is 376 g/mol. The summed E-state index contributed by atoms with van der Waals surface area (Å²) in [6, 6.07) is 11.3. The van der Waals surface area contributed by atoms with Gasteiger partial charge in [0.15, 0.2) is 12.4 Å². The fraction of sp³-hybridized carbons (Fsp3) is 0.238. The second-order valence-corrected chi connectivity index (χ2v) is 6.43. The Hall–Kier alpha value is -3.68. The maximum Gasteiger partial charge on any atom is 0.339 e. The van der Waals surface area contributed by atoms with E-state index in [1.165, 1.54) is 12.0 Å². The molecule has 2 aromatic rings. The molecule has 3 rings (SSSR count). The van der Waals surface area contributed by atoms with Gasteiger partial charge in [-0.15, -0.1) is 0 Å². The van der Waals surface area contributed by atoms with Crippen LogP contribution in [0.5, 0.6) is 5.75 Å². The van der Waals surface area contributed by atoms with E-state index < -0.39 is 11.9 Å². The molecule has 0 atom stereocenters. The molecule has 0 bridgehead atoms. The number of hydrogen-bond donors (Lipinski definition) is 1. The van der Waals surface area contributed by atoms with Crippen LogP contribution in [0.15, 0.2) is 42.5 Å². The van der Waals surface area contributed by atoms with E-state index in [0.29, 0.717) is 22.7 Å². The number of carbonyl (C=O) groups excluding carboxylic acids is 4. The number of esters is 1. The monoisotopic (exact) mass is 396 g/mol. The molecule has 0 saturated carbocycles. The summed E-state index contributed by atoms with van der Waals surface area (Å²) in [4.78, 5) is 49.7. The van der Waals surface area contributed by atoms with Crippen LogP contribution in [0, 0.1) is 0 Å². The van der Waals surface area contributed by atoms with Crippen LogP contribution >= 0.6 is 0 Å². The highest BCUT2D eigenvalue weighted by molar-refractivity contribution is 6.04. The molecule has 29 heavy (non-hydrogen) atoms. The van der Waals surface area contributed by atoms with Crippen LogP contribution in [0.25, 0.3) is 0 Å². The van der Waals surface area contributed by atoms with Gasteiger partial charge >= 0.3 is 5.97 Å². The molecule has 0 saturated heterocycles. The van der Waals surface area contributed by atoms with Gasteiger partial charge in [0, 0.05) is 25.5 Å². The summed E-state index contributed by atoms with van der Waals surface area (Å²) in [7, 11) is 2.87. The highest BCUT2D eigenvalue weighted by atomic mass is 16.5. The van der Waals surface area contributed by atoms with Gasteiger partial charge in [-0.25, -0.2) is 4.79 Å². The van der Waals surface area contributed by atoms with Crippen molar-refractivity contribution in [1.82, 2.24) is 0 Å². The number of methoxy groups -OCH3 is 1. The molecule has 2 aromatic carbocycles. The van der Waals surface area contributed by atoms with Gasteiger partial charge in [0.25, 0.3) is 5.91 Å². The number of nitrogens with zero attached hydrogens (tertiary/aromatic N) is 1. The van der Waals surface area contributed by atoms with E-state index in [0.717, 1.165) is 0 Å². The highest BCUT2D eigenvalue weighted by Crippen LogP contribution is 2.32. The van der Waals surface area contributed by atoms with Gasteiger partial charge in [-0.3, -0.25) is 14.4 Å². The lowest BCUT2D eigenvalue weighted by atomic mass is 10.0. The van der Waals surface area contributed by atoms with E-state index in [4.69, 9.17) is 9.47 Å². The van der Waals surface area contributed by atoms with E-state index in [1.807, 2.05) is 0 Å². The molecule has 0 fully saturated rings. The van der Waals surface area contributed by atoms with Crippen LogP contribution < -0.4 is 15.0 Å². The first kappa shape index (κ1) is 20.1. The van der Waals surface area contributed by atoms with Gasteiger partial charge in [0.05, 0.1) is 24.0 Å². The molecule has 8 heteroatoms. The molecule has 0 spiro atoms. The van der Waals surface area contributed by atoms with E-state index in [9.17, 15) is 19.2 Å². The number of carbonyl (C=O) groups is 4. The number of Topliss-reactive ketones (excluding diaryl/α,β-unsaturated/α-hetero) is 1. The minimum absolute atomic E-state index is 0.0243. The Balaban J connectivity index is 1.64. The number of fused-ring (bicyclic) bond motifs is 1. The van der Waals surface area contributed by atoms with Crippen LogP contribution in [-0.2, 0) is 14.3 Å². The van der Waals surface area contributed by atoms with Gasteiger partial charge in [-0.1, -0.05) is 12.1 Å². The van der Waals surface area contributed by atoms with Crippen molar-refractivity contribution in [2.75, 3.05) is 31.0 Å². The quantitative estimate of drug-likeness (QED) is 0.594. The maximum atomic E-state index is 12.5. The molecule has 0 radical (unpaired) electrons. The summed E-state index contributed by atoms with van der Waals surface area (Å²) in [5, 5.41) is 2.63. The number of likely N-dealkylation sites (N-methyl/N-ethyl adjacent to an activating group) is 1. The molecule has 150 valence electrons. The van der Waals surface area contributed by atoms with Gasteiger partial charge in [0.1, 0.15) is 5.75 Å². The average molecular weight is 396 g/mol. The lowest BCUT2D eigenvalue weighted by Crippen LogP contribution is -2.35. The molecule has 1 heterocycles. The largest absolute Gasteiger partial charge is 0.482 e. The fourth-order valence-corrected chi connectivity index (χ4v) is 2.91. The summed E-state index contributed by atoms with van der Waals surface area (Å²) in [5.74, 6) is -0.877. The zero-order valence-corrected chi connectivity index (χ0v) is 16.1. The Morgan fingerprint density at radius 3 is 2.66 bits per heavy atom. The van der Waals surface area contributed by atoms with Crippen molar-refractivity contribution in [3.63, 3.8) is 0 Å². The predicted octanol–water partition coefficient (Wildman–Crippen LogP) is 2.43. The van der Waals surface area contributed by atoms with Crippen LogP contribution in [0.2, 0.25) is 0 Å². The summed E-state index contributed by atoms with van der Waals surface area (Å²) < 4.78 is 10.0. The first-order valence-corrected chi connectivity index (χ1v) is 8.94. The van der Waals surface area contributed by atoms with Gasteiger partial charge in [0.2, 0.25) is 5.91 Å². The maximum absolute atomic E-state index is 12.5. The Morgan fingerprint density at radius 1 is 1.14 bits per heavy atom. The zero-order chi connectivity index (χ0) is 21.0. The van der Waals surface area contributed by atoms with Gasteiger partial charge in [-0.2, -0.15) is 0 Å². The van der Waals surface area contributed by atoms with Crippen molar-refractivity contribution in [2.24, 2.45) is 0 Å². The topological polar surface area (TPSA) is 102 Å². The molecule has 1 N–H and O–H groups in total. The predicted molar refractivity (Wildman–Crippen MR) is 105 cm³/mol. The van der Waals surface area contributed by atoms with Crippen LogP contribution in [0.3, 0.4) is 0 Å². The summed E-state index contributed by atoms with van der Waals surface area (Å²) >= 11 is 0. The number of ether oxygens (including phenoxy) is 2. The average Bonchev–Trinajstić information content (AvgIpc) is 2.74. The van der Waals surface area contributed by atoms with Crippen molar-refractivity contribution in [3.05, 3.63) is 53.6 Å². The molecule has 8 nitrogen and oxygen atoms in total. The third-order valence-corrected chi connectivity index (χ3v) is 4.55. The molecule has 0 unspecified atom stereocenters. The molecule has 2 amide bonds. The van der Waals surface area contributed by atoms with E-state index in [1.54, 1.807) is 49.5 Å². The van der Waals surface area contributed by atoms with Crippen molar-refractivity contribution in [1.29, 1.82) is 0 Å². The van der Waals surface area contributed by atoms with Crippen molar-refractivity contribution in [2.45, 2.75) is 12.8 Å². The third-order valence-electron chi connectivity index (χ3n) is 4.55. The van der Waals surface area contributed by atoms with Crippen molar-refractivity contribution < 1.29 is 28.7 Å². The van der Waals surface area contributed by atoms with E-state index in [-0.39, 0.29) is 36.7 Å². The summed E-state index contributed by atoms with van der Waals surface area (Å²) in [6.07, 6.45) is -0.0831. The number of nitrogens with one attached hydrogen (secondary N) is 1. The first-order valence-electron chi connectivity index (χ1n) is 8.94. The lowest BCUT2D eigenvalue weighted by Gasteiger charge is -2.26. The second-order valence-electron chi connectivity index (χ2n) is 6.43. The number of rotatable bonds is 6. The number of amides is 2. The van der Waals surface area contributed by atoms with Crippen molar-refractivity contribution in [3.8, 4) is 5.75 Å². The smallest absolute Gasteiger partial charge is 0.339 e. The molecule has 1 aliphatic rings. The number of hydrogen-bond acceptors (Lipinski definition) is 6. The Bertz CT molecular complexity index is 985. The highest BCUT2D eigenvalue weighted by Gasteiger charge is 2.23. The van der Waals surface area contributed by atoms with Crippen LogP contribution in [0.4, 0.5) is 11.4 Å². The Labute approximate surface area is 167 Å². The SMILES string of the molecule is COC(=O)c1ccccc1NC(=O)CCC(=O)c1ccc2c(c1)N(C)C(=O)CO2. The lowest BCUT2D eigenvalue weighted by molar-refractivity contribution is -0.121. The number of para-hydroxylation sites is 1. The number of anilines is 2. The molecular formula is C21H20N2O6. The minimum atomic E-state index is -0.563. The van der Waals surface area contributed by atoms with Crippen LogP contribution in [0.1, 0.15) is 33.6 Å². The fourth-order valence-electron chi connectivity index (χ4n) is 2.91. The minimum Gasteiger partial charge on any atom is -0.482 e.